The van der Waals surface area contributed by atoms with Gasteiger partial charge in [0.05, 0.1) is 29.5 Å². The highest BCUT2D eigenvalue weighted by molar-refractivity contribution is 9.10. The van der Waals surface area contributed by atoms with Gasteiger partial charge in [-0.3, -0.25) is 14.2 Å². The van der Waals surface area contributed by atoms with E-state index in [0.717, 1.165) is 20.5 Å². The number of methoxy groups -OCH3 is 1. The van der Waals surface area contributed by atoms with Crippen LogP contribution in [0.4, 0.5) is 0 Å². The zero-order chi connectivity index (χ0) is 21.8. The zero-order valence-electron chi connectivity index (χ0n) is 16.4. The largest absolute Gasteiger partial charge is 0.496 e. The third-order valence-electron chi connectivity index (χ3n) is 4.47. The lowest BCUT2D eigenvalue weighted by Gasteiger charge is -2.04. The SMILES string of the molecule is COc1ccc(C=NNC(=O)Cn2cnc3sc(-c4ccccc4)cc3c2=O)cc1Br. The van der Waals surface area contributed by atoms with Crippen LogP contribution in [0.15, 0.2) is 75.3 Å². The number of amides is 1. The molecule has 0 bridgehead atoms. The standard InChI is InChI=1S/C22H17BrN4O3S/c1-30-18-8-7-14(9-17(18)23)11-25-26-20(28)12-27-13-24-21-16(22(27)29)10-19(31-21)15-5-3-2-4-6-15/h2-11,13H,12H2,1H3,(H,26,28). The molecule has 0 aliphatic carbocycles. The molecule has 0 unspecified atom stereocenters. The summed E-state index contributed by atoms with van der Waals surface area (Å²) in [5.74, 6) is 0.276. The van der Waals surface area contributed by atoms with Crippen LogP contribution < -0.4 is 15.7 Å². The Labute approximate surface area is 190 Å². The van der Waals surface area contributed by atoms with Gasteiger partial charge in [-0.2, -0.15) is 5.10 Å². The number of hydrogen-bond acceptors (Lipinski definition) is 6. The van der Waals surface area contributed by atoms with Crippen molar-refractivity contribution in [2.45, 2.75) is 6.54 Å². The second-order valence-electron chi connectivity index (χ2n) is 6.56. The molecule has 0 aliphatic heterocycles. The number of carbonyl (C=O) groups excluding carboxylic acids is 1. The molecular weight excluding hydrogens is 480 g/mol. The Morgan fingerprint density at radius 3 is 2.81 bits per heavy atom. The molecular formula is C22H17BrN4O3S. The van der Waals surface area contributed by atoms with Gasteiger partial charge in [0.2, 0.25) is 0 Å². The average Bonchev–Trinajstić information content (AvgIpc) is 3.22. The predicted octanol–water partition coefficient (Wildman–Crippen LogP) is 4.05. The fourth-order valence-corrected chi connectivity index (χ4v) is 4.50. The number of hydrogen-bond donors (Lipinski definition) is 1. The van der Waals surface area contributed by atoms with Crippen molar-refractivity contribution >= 4 is 49.6 Å². The van der Waals surface area contributed by atoms with Crippen molar-refractivity contribution in [2.75, 3.05) is 7.11 Å². The van der Waals surface area contributed by atoms with Crippen LogP contribution in [-0.4, -0.2) is 28.8 Å². The third-order valence-corrected chi connectivity index (χ3v) is 6.18. The van der Waals surface area contributed by atoms with E-state index in [1.165, 1.54) is 28.4 Å². The van der Waals surface area contributed by atoms with Gasteiger partial charge in [0.1, 0.15) is 17.1 Å². The summed E-state index contributed by atoms with van der Waals surface area (Å²) in [4.78, 5) is 31.0. The Hall–Kier alpha value is -3.30. The minimum absolute atomic E-state index is 0.179. The molecule has 2 aromatic carbocycles. The highest BCUT2D eigenvalue weighted by atomic mass is 79.9. The van der Waals surface area contributed by atoms with Crippen molar-refractivity contribution in [2.24, 2.45) is 5.10 Å². The number of hydrazone groups is 1. The summed E-state index contributed by atoms with van der Waals surface area (Å²) in [6.45, 7) is -0.179. The van der Waals surface area contributed by atoms with E-state index in [4.69, 9.17) is 4.74 Å². The smallest absolute Gasteiger partial charge is 0.262 e. The molecule has 0 saturated heterocycles. The lowest BCUT2D eigenvalue weighted by molar-refractivity contribution is -0.121. The molecule has 7 nitrogen and oxygen atoms in total. The van der Waals surface area contributed by atoms with Gasteiger partial charge in [-0.15, -0.1) is 11.3 Å². The summed E-state index contributed by atoms with van der Waals surface area (Å²) in [6.07, 6.45) is 2.90. The van der Waals surface area contributed by atoms with Gasteiger partial charge >= 0.3 is 0 Å². The van der Waals surface area contributed by atoms with Gasteiger partial charge in [0.25, 0.3) is 11.5 Å². The number of thiophene rings is 1. The van der Waals surface area contributed by atoms with Gasteiger partial charge in [0, 0.05) is 4.88 Å². The molecule has 156 valence electrons. The summed E-state index contributed by atoms with van der Waals surface area (Å²) < 4.78 is 7.23. The molecule has 0 fully saturated rings. The summed E-state index contributed by atoms with van der Waals surface area (Å²) in [6, 6.07) is 17.0. The molecule has 2 aromatic heterocycles. The molecule has 0 spiro atoms. The number of ether oxygens (including phenoxy) is 1. The minimum Gasteiger partial charge on any atom is -0.496 e. The maximum atomic E-state index is 12.8. The average molecular weight is 497 g/mol. The van der Waals surface area contributed by atoms with E-state index in [9.17, 15) is 9.59 Å². The summed E-state index contributed by atoms with van der Waals surface area (Å²) in [5.41, 5.74) is 3.97. The number of fused-ring (bicyclic) bond motifs is 1. The van der Waals surface area contributed by atoms with E-state index < -0.39 is 5.91 Å². The highest BCUT2D eigenvalue weighted by Crippen LogP contribution is 2.30. The maximum Gasteiger partial charge on any atom is 0.262 e. The number of nitrogens with zero attached hydrogens (tertiary/aromatic N) is 3. The molecule has 0 radical (unpaired) electrons. The summed E-state index contributed by atoms with van der Waals surface area (Å²) in [5, 5.41) is 4.44. The monoisotopic (exact) mass is 496 g/mol. The van der Waals surface area contributed by atoms with Crippen molar-refractivity contribution in [1.82, 2.24) is 15.0 Å². The van der Waals surface area contributed by atoms with E-state index in [1.54, 1.807) is 13.2 Å². The van der Waals surface area contributed by atoms with Crippen LogP contribution in [-0.2, 0) is 11.3 Å². The molecule has 9 heteroatoms. The van der Waals surface area contributed by atoms with Gasteiger partial charge in [-0.05, 0) is 51.3 Å². The number of rotatable bonds is 6. The van der Waals surface area contributed by atoms with Gasteiger partial charge < -0.3 is 4.74 Å². The van der Waals surface area contributed by atoms with Crippen LogP contribution in [0.5, 0.6) is 5.75 Å². The topological polar surface area (TPSA) is 85.6 Å². The Morgan fingerprint density at radius 2 is 2.06 bits per heavy atom. The van der Waals surface area contributed by atoms with Crippen LogP contribution in [0.2, 0.25) is 0 Å². The van der Waals surface area contributed by atoms with Gasteiger partial charge in [-0.25, -0.2) is 10.4 Å². The first-order valence-corrected chi connectivity index (χ1v) is 10.9. The predicted molar refractivity (Wildman–Crippen MR) is 126 cm³/mol. The quantitative estimate of drug-likeness (QED) is 0.322. The van der Waals surface area contributed by atoms with Crippen LogP contribution >= 0.6 is 27.3 Å². The fraction of sp³-hybridized carbons (Fsp3) is 0.0909. The zero-order valence-corrected chi connectivity index (χ0v) is 18.8. The first kappa shape index (κ1) is 21.0. The van der Waals surface area contributed by atoms with Crippen LogP contribution in [0.3, 0.4) is 0 Å². The molecule has 2 heterocycles. The number of halogens is 1. The Bertz CT molecular complexity index is 1330. The van der Waals surface area contributed by atoms with Crippen molar-refractivity contribution in [3.05, 3.63) is 81.3 Å². The number of benzene rings is 2. The van der Waals surface area contributed by atoms with Crippen LogP contribution in [0.25, 0.3) is 20.7 Å². The number of nitrogens with one attached hydrogen (secondary N) is 1. The molecule has 0 atom stereocenters. The number of aromatic nitrogens is 2. The highest BCUT2D eigenvalue weighted by Gasteiger charge is 2.12. The third kappa shape index (κ3) is 4.73. The number of carbonyl (C=O) groups is 1. The summed E-state index contributed by atoms with van der Waals surface area (Å²) >= 11 is 4.84. The second-order valence-corrected chi connectivity index (χ2v) is 8.45. The molecule has 4 aromatic rings. The van der Waals surface area contributed by atoms with E-state index in [1.807, 2.05) is 48.5 Å². The normalized spacial score (nSPS) is 11.2. The Morgan fingerprint density at radius 1 is 1.26 bits per heavy atom. The van der Waals surface area contributed by atoms with Crippen molar-refractivity contribution < 1.29 is 9.53 Å². The van der Waals surface area contributed by atoms with Gasteiger partial charge in [-0.1, -0.05) is 30.3 Å². The van der Waals surface area contributed by atoms with Crippen LogP contribution in [0, 0.1) is 0 Å². The van der Waals surface area contributed by atoms with Crippen LogP contribution in [0.1, 0.15) is 5.56 Å². The first-order valence-electron chi connectivity index (χ1n) is 9.25. The van der Waals surface area contributed by atoms with E-state index in [0.29, 0.717) is 16.0 Å². The van der Waals surface area contributed by atoms with E-state index in [2.05, 4.69) is 31.4 Å². The molecule has 1 amide bonds. The van der Waals surface area contributed by atoms with E-state index >= 15 is 0 Å². The minimum atomic E-state index is -0.425. The fourth-order valence-electron chi connectivity index (χ4n) is 2.95. The lowest BCUT2D eigenvalue weighted by Crippen LogP contribution is -2.29. The lowest BCUT2D eigenvalue weighted by atomic mass is 10.2. The second kappa shape index (κ2) is 9.23. The van der Waals surface area contributed by atoms with Crippen molar-refractivity contribution in [3.8, 4) is 16.2 Å². The first-order chi connectivity index (χ1) is 15.0. The molecule has 1 N–H and O–H groups in total. The molecule has 0 saturated carbocycles. The van der Waals surface area contributed by atoms with Gasteiger partial charge in [0.15, 0.2) is 0 Å². The molecule has 31 heavy (non-hydrogen) atoms. The molecule has 0 aliphatic rings. The van der Waals surface area contributed by atoms with Crippen molar-refractivity contribution in [1.29, 1.82) is 0 Å². The Balaban J connectivity index is 1.46. The van der Waals surface area contributed by atoms with Crippen molar-refractivity contribution in [3.63, 3.8) is 0 Å². The molecule has 4 rings (SSSR count). The maximum absolute atomic E-state index is 12.8. The Kier molecular flexibility index (Phi) is 6.24. The van der Waals surface area contributed by atoms with E-state index in [-0.39, 0.29) is 12.1 Å². The summed E-state index contributed by atoms with van der Waals surface area (Å²) in [7, 11) is 1.58.